The molecular weight excluding hydrogens is 266 g/mol. The molecule has 1 heterocycles. The van der Waals surface area contributed by atoms with E-state index < -0.39 is 0 Å². The molecule has 1 aliphatic rings. The number of benzene rings is 2. The first-order valence-corrected chi connectivity index (χ1v) is 7.99. The molecule has 0 radical (unpaired) electrons. The van der Waals surface area contributed by atoms with Gasteiger partial charge in [-0.2, -0.15) is 0 Å². The number of hydrogen-bond donors (Lipinski definition) is 2. The van der Waals surface area contributed by atoms with E-state index in [0.717, 1.165) is 12.2 Å². The molecule has 2 aromatic carbocycles. The molecule has 0 saturated heterocycles. The topological polar surface area (TPSA) is 32.3 Å². The maximum atomic E-state index is 9.37. The quantitative estimate of drug-likeness (QED) is 0.883. The number of nitrogens with one attached hydrogen (secondary N) is 1. The first-order chi connectivity index (χ1) is 9.74. The molecule has 2 nitrogen and oxygen atoms in total. The largest absolute Gasteiger partial charge is 0.508 e. The lowest BCUT2D eigenvalue weighted by atomic mass is 10.0. The van der Waals surface area contributed by atoms with Crippen molar-refractivity contribution in [2.75, 3.05) is 5.75 Å². The van der Waals surface area contributed by atoms with Crippen molar-refractivity contribution in [3.05, 3.63) is 59.7 Å². The highest BCUT2D eigenvalue weighted by Crippen LogP contribution is 2.37. The summed E-state index contributed by atoms with van der Waals surface area (Å²) in [6.07, 6.45) is 1.16. The van der Waals surface area contributed by atoms with Gasteiger partial charge < -0.3 is 10.4 Å². The van der Waals surface area contributed by atoms with Gasteiger partial charge in [-0.1, -0.05) is 30.3 Å². The van der Waals surface area contributed by atoms with E-state index in [2.05, 4.69) is 36.5 Å². The Balaban J connectivity index is 1.77. The van der Waals surface area contributed by atoms with Crippen LogP contribution < -0.4 is 5.32 Å². The second-order valence-electron chi connectivity index (χ2n) is 5.21. The molecule has 0 bridgehead atoms. The Morgan fingerprint density at radius 2 is 1.90 bits per heavy atom. The van der Waals surface area contributed by atoms with E-state index in [-0.39, 0.29) is 6.04 Å². The average molecular weight is 285 g/mol. The average Bonchev–Trinajstić information content (AvgIpc) is 2.48. The highest BCUT2D eigenvalue weighted by Gasteiger charge is 2.21. The second kappa shape index (κ2) is 5.90. The number of thioether (sulfide) groups is 1. The third kappa shape index (κ3) is 2.84. The molecule has 2 N–H and O–H groups in total. The van der Waals surface area contributed by atoms with Gasteiger partial charge in [-0.05, 0) is 48.4 Å². The molecule has 3 rings (SSSR count). The fourth-order valence-electron chi connectivity index (χ4n) is 2.68. The first-order valence-electron chi connectivity index (χ1n) is 7.01. The van der Waals surface area contributed by atoms with E-state index in [9.17, 15) is 5.11 Å². The molecular formula is C17H19NOS. The smallest absolute Gasteiger partial charge is 0.115 e. The van der Waals surface area contributed by atoms with Crippen LogP contribution in [0.1, 0.15) is 36.6 Å². The van der Waals surface area contributed by atoms with Crippen molar-refractivity contribution in [2.45, 2.75) is 30.3 Å². The molecule has 20 heavy (non-hydrogen) atoms. The van der Waals surface area contributed by atoms with Gasteiger partial charge in [0, 0.05) is 17.0 Å². The van der Waals surface area contributed by atoms with Crippen LogP contribution in [-0.2, 0) is 0 Å². The number of aromatic hydroxyl groups is 1. The van der Waals surface area contributed by atoms with Crippen LogP contribution in [0.15, 0.2) is 53.4 Å². The lowest BCUT2D eigenvalue weighted by Crippen LogP contribution is -2.27. The zero-order valence-electron chi connectivity index (χ0n) is 11.5. The summed E-state index contributed by atoms with van der Waals surface area (Å²) in [4.78, 5) is 1.40. The van der Waals surface area contributed by atoms with E-state index in [1.807, 2.05) is 23.9 Å². The minimum absolute atomic E-state index is 0.275. The third-order valence-electron chi connectivity index (χ3n) is 3.80. The van der Waals surface area contributed by atoms with Gasteiger partial charge in [0.25, 0.3) is 0 Å². The Hall–Kier alpha value is -1.45. The fraction of sp³-hybridized carbons (Fsp3) is 0.294. The van der Waals surface area contributed by atoms with Crippen LogP contribution in [0.25, 0.3) is 0 Å². The number of phenols is 1. The van der Waals surface area contributed by atoms with E-state index >= 15 is 0 Å². The number of phenolic OH excluding ortho intramolecular Hbond substituents is 1. The lowest BCUT2D eigenvalue weighted by Gasteiger charge is -2.29. The normalized spacial score (nSPS) is 19.4. The van der Waals surface area contributed by atoms with Gasteiger partial charge in [0.2, 0.25) is 0 Å². The summed E-state index contributed by atoms with van der Waals surface area (Å²) in [7, 11) is 0. The van der Waals surface area contributed by atoms with E-state index in [1.54, 1.807) is 12.1 Å². The molecule has 0 amide bonds. The molecule has 3 heteroatoms. The predicted octanol–water partition coefficient (Wildman–Crippen LogP) is 4.28. The summed E-state index contributed by atoms with van der Waals surface area (Å²) in [5.74, 6) is 1.48. The molecule has 2 atom stereocenters. The van der Waals surface area contributed by atoms with Crippen molar-refractivity contribution in [1.29, 1.82) is 0 Å². The van der Waals surface area contributed by atoms with Gasteiger partial charge in [0.05, 0.1) is 0 Å². The SMILES string of the molecule is CC(NC1CCSc2ccccc21)c1ccc(O)cc1. The number of hydrogen-bond acceptors (Lipinski definition) is 3. The second-order valence-corrected chi connectivity index (χ2v) is 6.34. The minimum Gasteiger partial charge on any atom is -0.508 e. The molecule has 2 unspecified atom stereocenters. The van der Waals surface area contributed by atoms with Gasteiger partial charge in [-0.3, -0.25) is 0 Å². The van der Waals surface area contributed by atoms with Crippen molar-refractivity contribution in [1.82, 2.24) is 5.32 Å². The van der Waals surface area contributed by atoms with Crippen molar-refractivity contribution in [2.24, 2.45) is 0 Å². The maximum Gasteiger partial charge on any atom is 0.115 e. The fourth-order valence-corrected chi connectivity index (χ4v) is 3.80. The number of fused-ring (bicyclic) bond motifs is 1. The zero-order valence-corrected chi connectivity index (χ0v) is 12.4. The Kier molecular flexibility index (Phi) is 3.99. The van der Waals surface area contributed by atoms with E-state index in [1.165, 1.54) is 16.0 Å². The molecule has 0 fully saturated rings. The Bertz CT molecular complexity index is 582. The third-order valence-corrected chi connectivity index (χ3v) is 4.93. The summed E-state index contributed by atoms with van der Waals surface area (Å²) < 4.78 is 0. The summed E-state index contributed by atoms with van der Waals surface area (Å²) >= 11 is 1.94. The molecule has 2 aromatic rings. The molecule has 0 aliphatic carbocycles. The highest BCUT2D eigenvalue weighted by atomic mass is 32.2. The van der Waals surface area contributed by atoms with Gasteiger partial charge in [0.15, 0.2) is 0 Å². The molecule has 1 aliphatic heterocycles. The van der Waals surface area contributed by atoms with Gasteiger partial charge in [-0.25, -0.2) is 0 Å². The van der Waals surface area contributed by atoms with Gasteiger partial charge >= 0.3 is 0 Å². The van der Waals surface area contributed by atoms with Crippen molar-refractivity contribution in [3.63, 3.8) is 0 Å². The Morgan fingerprint density at radius 3 is 2.70 bits per heavy atom. The highest BCUT2D eigenvalue weighted by molar-refractivity contribution is 7.99. The molecule has 0 aromatic heterocycles. The lowest BCUT2D eigenvalue weighted by molar-refractivity contribution is 0.448. The van der Waals surface area contributed by atoms with Crippen molar-refractivity contribution < 1.29 is 5.11 Å². The van der Waals surface area contributed by atoms with Gasteiger partial charge in [0.1, 0.15) is 5.75 Å². The Morgan fingerprint density at radius 1 is 1.15 bits per heavy atom. The van der Waals surface area contributed by atoms with Crippen LogP contribution in [0.3, 0.4) is 0 Å². The summed E-state index contributed by atoms with van der Waals surface area (Å²) in [6.45, 7) is 2.18. The van der Waals surface area contributed by atoms with Crippen molar-refractivity contribution >= 4 is 11.8 Å². The van der Waals surface area contributed by atoms with Crippen LogP contribution >= 0.6 is 11.8 Å². The van der Waals surface area contributed by atoms with Crippen molar-refractivity contribution in [3.8, 4) is 5.75 Å². The summed E-state index contributed by atoms with van der Waals surface area (Å²) in [5, 5.41) is 13.1. The van der Waals surface area contributed by atoms with E-state index in [4.69, 9.17) is 0 Å². The van der Waals surface area contributed by atoms with Crippen LogP contribution in [0.2, 0.25) is 0 Å². The van der Waals surface area contributed by atoms with Gasteiger partial charge in [-0.15, -0.1) is 11.8 Å². The standard InChI is InChI=1S/C17H19NOS/c1-12(13-6-8-14(19)9-7-13)18-16-10-11-20-17-5-3-2-4-15(16)17/h2-9,12,16,18-19H,10-11H2,1H3. The maximum absolute atomic E-state index is 9.37. The van der Waals surface area contributed by atoms with Crippen LogP contribution in [0.5, 0.6) is 5.75 Å². The summed E-state index contributed by atoms with van der Waals surface area (Å²) in [5.41, 5.74) is 2.62. The zero-order chi connectivity index (χ0) is 13.9. The summed E-state index contributed by atoms with van der Waals surface area (Å²) in [6, 6.07) is 16.8. The van der Waals surface area contributed by atoms with E-state index in [0.29, 0.717) is 11.8 Å². The van der Waals surface area contributed by atoms with Crippen LogP contribution in [0, 0.1) is 0 Å². The Labute approximate surface area is 124 Å². The number of rotatable bonds is 3. The molecule has 104 valence electrons. The minimum atomic E-state index is 0.275. The molecule has 0 spiro atoms. The first kappa shape index (κ1) is 13.5. The monoisotopic (exact) mass is 285 g/mol. The van der Waals surface area contributed by atoms with Crippen LogP contribution in [0.4, 0.5) is 0 Å². The molecule has 0 saturated carbocycles. The van der Waals surface area contributed by atoms with Crippen LogP contribution in [-0.4, -0.2) is 10.9 Å². The predicted molar refractivity (Wildman–Crippen MR) is 84.2 cm³/mol.